The molecule has 0 unspecified atom stereocenters. The van der Waals surface area contributed by atoms with Gasteiger partial charge in [-0.25, -0.2) is 9.97 Å². The van der Waals surface area contributed by atoms with Crippen LogP contribution in [0.1, 0.15) is 27.0 Å². The molecule has 0 atom stereocenters. The summed E-state index contributed by atoms with van der Waals surface area (Å²) < 4.78 is 73.4. The maximum Gasteiger partial charge on any atom is 0.417 e. The third kappa shape index (κ3) is 6.26. The predicted molar refractivity (Wildman–Crippen MR) is 81.7 cm³/mol. The van der Waals surface area contributed by atoms with Gasteiger partial charge >= 0.3 is 12.4 Å². The summed E-state index contributed by atoms with van der Waals surface area (Å²) in [5, 5.41) is 7.71. The van der Waals surface area contributed by atoms with E-state index in [2.05, 4.69) is 9.97 Å². The Labute approximate surface area is 157 Å². The molecule has 5 nitrogen and oxygen atoms in total. The number of carbonyl (C=O) groups is 1. The van der Waals surface area contributed by atoms with Crippen molar-refractivity contribution in [1.82, 2.24) is 9.97 Å². The number of pyridine rings is 2. The highest BCUT2D eigenvalue weighted by Gasteiger charge is 2.35. The van der Waals surface area contributed by atoms with Crippen LogP contribution in [-0.4, -0.2) is 15.9 Å². The van der Waals surface area contributed by atoms with E-state index < -0.39 is 40.5 Å². The highest BCUT2D eigenvalue weighted by atomic mass is 35.5. The Balaban J connectivity index is 0.000000271. The van der Waals surface area contributed by atoms with E-state index in [0.717, 1.165) is 6.20 Å². The van der Waals surface area contributed by atoms with Gasteiger partial charge in [-0.3, -0.25) is 4.79 Å². The molecule has 144 valence electrons. The van der Waals surface area contributed by atoms with Gasteiger partial charge in [0.05, 0.1) is 22.3 Å². The molecule has 13 heteroatoms. The normalized spacial score (nSPS) is 11.2. The van der Waals surface area contributed by atoms with Crippen LogP contribution in [-0.2, 0) is 12.4 Å². The summed E-state index contributed by atoms with van der Waals surface area (Å²) >= 11 is 10.5. The van der Waals surface area contributed by atoms with Crippen LogP contribution in [0.15, 0.2) is 24.5 Å². The molecule has 0 aliphatic rings. The molecule has 2 rings (SSSR count). The van der Waals surface area contributed by atoms with E-state index in [0.29, 0.717) is 18.3 Å². The van der Waals surface area contributed by atoms with Crippen LogP contribution in [0.5, 0.6) is 0 Å². The zero-order valence-electron chi connectivity index (χ0n) is 12.7. The second-order valence-electron chi connectivity index (χ2n) is 4.58. The smallest absolute Gasteiger partial charge is 0.366 e. The molecule has 2 heterocycles. The Morgan fingerprint density at radius 1 is 0.963 bits per heavy atom. The number of nitrogens with two attached hydrogens (primary N) is 1. The van der Waals surface area contributed by atoms with Crippen molar-refractivity contribution in [2.24, 2.45) is 5.73 Å². The minimum Gasteiger partial charge on any atom is -0.366 e. The molecular weight excluding hydrogens is 425 g/mol. The molecular formula is C14H6Cl2F6N4O. The van der Waals surface area contributed by atoms with Crippen molar-refractivity contribution in [2.45, 2.75) is 12.4 Å². The Morgan fingerprint density at radius 3 is 1.81 bits per heavy atom. The van der Waals surface area contributed by atoms with Gasteiger partial charge in [-0.1, -0.05) is 23.2 Å². The maximum atomic E-state index is 12.3. The summed E-state index contributed by atoms with van der Waals surface area (Å²) in [7, 11) is 0. The van der Waals surface area contributed by atoms with Crippen molar-refractivity contribution in [3.63, 3.8) is 0 Å². The summed E-state index contributed by atoms with van der Waals surface area (Å²) in [5.74, 6) is -1.19. The van der Waals surface area contributed by atoms with Crippen molar-refractivity contribution in [1.29, 1.82) is 5.26 Å². The number of rotatable bonds is 1. The fraction of sp³-hybridized carbons (Fsp3) is 0.143. The van der Waals surface area contributed by atoms with E-state index in [1.54, 1.807) is 0 Å². The molecule has 0 bridgehead atoms. The molecule has 2 aromatic heterocycles. The number of nitriles is 1. The standard InChI is InChI=1S/C7H4ClF3N2O.C7H2ClF3N2/c8-5-1-4(7(9,10)11)3(2-13-5)6(12)14;8-6-1-5(7(9,10)11)4(2-12)3-13-6/h1-2H,(H2,12,14);1,3H. The van der Waals surface area contributed by atoms with Crippen LogP contribution < -0.4 is 5.73 Å². The molecule has 0 saturated carbocycles. The second-order valence-corrected chi connectivity index (χ2v) is 5.35. The number of primary amides is 1. The van der Waals surface area contributed by atoms with Gasteiger partial charge < -0.3 is 5.73 Å². The number of aromatic nitrogens is 2. The Bertz CT molecular complexity index is 893. The first-order valence-electron chi connectivity index (χ1n) is 6.42. The van der Waals surface area contributed by atoms with Crippen LogP contribution in [0.25, 0.3) is 0 Å². The lowest BCUT2D eigenvalue weighted by molar-refractivity contribution is -0.138. The van der Waals surface area contributed by atoms with Crippen molar-refractivity contribution < 1.29 is 31.1 Å². The molecule has 0 aliphatic carbocycles. The van der Waals surface area contributed by atoms with Gasteiger partial charge in [0, 0.05) is 12.4 Å². The van der Waals surface area contributed by atoms with Crippen LogP contribution in [0.4, 0.5) is 26.3 Å². The van der Waals surface area contributed by atoms with Crippen molar-refractivity contribution in [3.8, 4) is 6.07 Å². The molecule has 2 aromatic rings. The second kappa shape index (κ2) is 8.41. The molecule has 2 N–H and O–H groups in total. The van der Waals surface area contributed by atoms with Crippen molar-refractivity contribution >= 4 is 29.1 Å². The summed E-state index contributed by atoms with van der Waals surface area (Å²) in [6, 6.07) is 2.57. The first-order valence-corrected chi connectivity index (χ1v) is 7.18. The lowest BCUT2D eigenvalue weighted by Gasteiger charge is -2.09. The number of hydrogen-bond acceptors (Lipinski definition) is 4. The van der Waals surface area contributed by atoms with Gasteiger partial charge in [-0.2, -0.15) is 31.6 Å². The molecule has 1 amide bonds. The molecule has 0 fully saturated rings. The number of nitrogens with zero attached hydrogens (tertiary/aromatic N) is 3. The lowest BCUT2D eigenvalue weighted by Crippen LogP contribution is -2.19. The minimum atomic E-state index is -4.67. The molecule has 0 aliphatic heterocycles. The van der Waals surface area contributed by atoms with Crippen LogP contribution in [0, 0.1) is 11.3 Å². The molecule has 0 radical (unpaired) electrons. The Kier molecular flexibility index (Phi) is 6.99. The number of hydrogen-bond donors (Lipinski definition) is 1. The SMILES string of the molecule is N#Cc1cnc(Cl)cc1C(F)(F)F.NC(=O)c1cnc(Cl)cc1C(F)(F)F. The summed E-state index contributed by atoms with van der Waals surface area (Å²) in [4.78, 5) is 17.3. The highest BCUT2D eigenvalue weighted by Crippen LogP contribution is 2.33. The van der Waals surface area contributed by atoms with Crippen molar-refractivity contribution in [3.05, 3.63) is 57.1 Å². The van der Waals surface area contributed by atoms with E-state index in [1.807, 2.05) is 0 Å². The number of alkyl halides is 6. The van der Waals surface area contributed by atoms with Crippen LogP contribution in [0.3, 0.4) is 0 Å². The zero-order valence-corrected chi connectivity index (χ0v) is 14.2. The largest absolute Gasteiger partial charge is 0.417 e. The third-order valence-corrected chi connectivity index (χ3v) is 3.15. The monoisotopic (exact) mass is 430 g/mol. The molecule has 27 heavy (non-hydrogen) atoms. The van der Waals surface area contributed by atoms with E-state index in [4.69, 9.17) is 34.2 Å². The average Bonchev–Trinajstić information content (AvgIpc) is 2.53. The Morgan fingerprint density at radius 2 is 1.41 bits per heavy atom. The average molecular weight is 431 g/mol. The number of carbonyl (C=O) groups excluding carboxylic acids is 1. The highest BCUT2D eigenvalue weighted by molar-refractivity contribution is 6.29. The summed E-state index contributed by atoms with van der Waals surface area (Å²) in [6.07, 6.45) is -7.74. The minimum absolute atomic E-state index is 0.286. The van der Waals surface area contributed by atoms with Crippen molar-refractivity contribution in [2.75, 3.05) is 0 Å². The lowest BCUT2D eigenvalue weighted by atomic mass is 10.1. The van der Waals surface area contributed by atoms with Crippen LogP contribution >= 0.6 is 23.2 Å². The van der Waals surface area contributed by atoms with Gasteiger partial charge in [-0.05, 0) is 12.1 Å². The van der Waals surface area contributed by atoms with E-state index in [1.165, 1.54) is 6.07 Å². The summed E-state index contributed by atoms with van der Waals surface area (Å²) in [5.41, 5.74) is 1.28. The first kappa shape index (κ1) is 22.5. The fourth-order valence-electron chi connectivity index (χ4n) is 1.61. The third-order valence-electron chi connectivity index (χ3n) is 2.74. The van der Waals surface area contributed by atoms with Gasteiger partial charge in [0.2, 0.25) is 0 Å². The molecule has 0 spiro atoms. The summed E-state index contributed by atoms with van der Waals surface area (Å²) in [6.45, 7) is 0. The quantitative estimate of drug-likeness (QED) is 0.533. The maximum absolute atomic E-state index is 12.3. The topological polar surface area (TPSA) is 92.7 Å². The number of halogens is 8. The van der Waals surface area contributed by atoms with Gasteiger partial charge in [0.1, 0.15) is 16.4 Å². The van der Waals surface area contributed by atoms with Gasteiger partial charge in [0.25, 0.3) is 5.91 Å². The van der Waals surface area contributed by atoms with Gasteiger partial charge in [-0.15, -0.1) is 0 Å². The molecule has 0 saturated heterocycles. The van der Waals surface area contributed by atoms with Gasteiger partial charge in [0.15, 0.2) is 0 Å². The van der Waals surface area contributed by atoms with E-state index in [9.17, 15) is 31.1 Å². The molecule has 0 aromatic carbocycles. The Hall–Kier alpha value is -2.58. The first-order chi connectivity index (χ1) is 12.3. The fourth-order valence-corrected chi connectivity index (χ4v) is 1.93. The number of amides is 1. The van der Waals surface area contributed by atoms with E-state index in [-0.39, 0.29) is 10.3 Å². The van der Waals surface area contributed by atoms with E-state index >= 15 is 0 Å². The zero-order chi connectivity index (χ0) is 21.0. The van der Waals surface area contributed by atoms with Crippen LogP contribution in [0.2, 0.25) is 10.3 Å². The predicted octanol–water partition coefficient (Wildman–Crippen LogP) is 4.48.